The molecule has 0 aliphatic carbocycles. The minimum atomic E-state index is -0.298. The molecular formula is C19H22N2O2. The molecule has 0 unspecified atom stereocenters. The lowest BCUT2D eigenvalue weighted by Gasteiger charge is -2.10. The highest BCUT2D eigenvalue weighted by Crippen LogP contribution is 2.15. The second kappa shape index (κ2) is 7.58. The SMILES string of the molecule is Cc1ccc(C(=O)CCNC(=O)Nc2ccc(C)cc2C)cc1. The van der Waals surface area contributed by atoms with Gasteiger partial charge in [-0.25, -0.2) is 4.79 Å². The molecule has 4 heteroatoms. The summed E-state index contributed by atoms with van der Waals surface area (Å²) in [6.45, 7) is 6.24. The van der Waals surface area contributed by atoms with Crippen LogP contribution in [-0.2, 0) is 0 Å². The van der Waals surface area contributed by atoms with Crippen LogP contribution in [-0.4, -0.2) is 18.4 Å². The fourth-order valence-electron chi connectivity index (χ4n) is 2.29. The molecule has 2 N–H and O–H groups in total. The standard InChI is InChI=1S/C19H22N2O2/c1-13-4-7-16(8-5-13)18(22)10-11-20-19(23)21-17-9-6-14(2)12-15(17)3/h4-9,12H,10-11H2,1-3H3,(H2,20,21,23). The third kappa shape index (κ3) is 4.95. The van der Waals surface area contributed by atoms with Crippen molar-refractivity contribution in [1.82, 2.24) is 5.32 Å². The van der Waals surface area contributed by atoms with Crippen molar-refractivity contribution in [1.29, 1.82) is 0 Å². The molecular weight excluding hydrogens is 288 g/mol. The highest BCUT2D eigenvalue weighted by Gasteiger charge is 2.08. The van der Waals surface area contributed by atoms with Crippen LogP contribution in [0.5, 0.6) is 0 Å². The average molecular weight is 310 g/mol. The van der Waals surface area contributed by atoms with Gasteiger partial charge in [0.05, 0.1) is 0 Å². The summed E-state index contributed by atoms with van der Waals surface area (Å²) in [5.74, 6) is 0.0248. The predicted molar refractivity (Wildman–Crippen MR) is 93.1 cm³/mol. The molecule has 0 heterocycles. The first-order valence-electron chi connectivity index (χ1n) is 7.67. The molecule has 2 aromatic carbocycles. The topological polar surface area (TPSA) is 58.2 Å². The largest absolute Gasteiger partial charge is 0.337 e. The Hall–Kier alpha value is -2.62. The van der Waals surface area contributed by atoms with Gasteiger partial charge in [0.1, 0.15) is 0 Å². The van der Waals surface area contributed by atoms with Crippen LogP contribution >= 0.6 is 0 Å². The van der Waals surface area contributed by atoms with Gasteiger partial charge in [0.15, 0.2) is 5.78 Å². The fraction of sp³-hybridized carbons (Fsp3) is 0.263. The monoisotopic (exact) mass is 310 g/mol. The van der Waals surface area contributed by atoms with Crippen LogP contribution in [0.15, 0.2) is 42.5 Å². The highest BCUT2D eigenvalue weighted by atomic mass is 16.2. The van der Waals surface area contributed by atoms with Gasteiger partial charge in [-0.1, -0.05) is 47.5 Å². The molecule has 0 aliphatic heterocycles. The summed E-state index contributed by atoms with van der Waals surface area (Å²) in [6, 6.07) is 13.0. The maximum absolute atomic E-state index is 12.0. The first kappa shape index (κ1) is 16.7. The molecule has 0 fully saturated rings. The lowest BCUT2D eigenvalue weighted by atomic mass is 10.1. The van der Waals surface area contributed by atoms with E-state index >= 15 is 0 Å². The number of hydrogen-bond donors (Lipinski definition) is 2. The molecule has 0 bridgehead atoms. The van der Waals surface area contributed by atoms with E-state index in [2.05, 4.69) is 10.6 Å². The number of ketones is 1. The Bertz CT molecular complexity index is 706. The summed E-state index contributed by atoms with van der Waals surface area (Å²) in [4.78, 5) is 23.9. The van der Waals surface area contributed by atoms with Crippen molar-refractivity contribution in [3.8, 4) is 0 Å². The molecule has 0 aromatic heterocycles. The molecule has 2 amide bonds. The van der Waals surface area contributed by atoms with Crippen molar-refractivity contribution in [2.75, 3.05) is 11.9 Å². The Morgan fingerprint density at radius 2 is 1.57 bits per heavy atom. The van der Waals surface area contributed by atoms with E-state index in [9.17, 15) is 9.59 Å². The molecule has 0 aliphatic rings. The van der Waals surface area contributed by atoms with Gasteiger partial charge < -0.3 is 10.6 Å². The molecule has 4 nitrogen and oxygen atoms in total. The van der Waals surface area contributed by atoms with Crippen molar-refractivity contribution in [2.24, 2.45) is 0 Å². The van der Waals surface area contributed by atoms with E-state index in [0.717, 1.165) is 22.4 Å². The van der Waals surface area contributed by atoms with E-state index in [1.54, 1.807) is 0 Å². The molecule has 23 heavy (non-hydrogen) atoms. The van der Waals surface area contributed by atoms with E-state index < -0.39 is 0 Å². The summed E-state index contributed by atoms with van der Waals surface area (Å²) in [6.07, 6.45) is 0.281. The van der Waals surface area contributed by atoms with Crippen LogP contribution in [0.4, 0.5) is 10.5 Å². The van der Waals surface area contributed by atoms with Crippen molar-refractivity contribution < 1.29 is 9.59 Å². The van der Waals surface area contributed by atoms with Gasteiger partial charge >= 0.3 is 6.03 Å². The maximum Gasteiger partial charge on any atom is 0.319 e. The minimum absolute atomic E-state index is 0.0248. The maximum atomic E-state index is 12.0. The number of carbonyl (C=O) groups excluding carboxylic acids is 2. The minimum Gasteiger partial charge on any atom is -0.337 e. The first-order chi connectivity index (χ1) is 11.0. The van der Waals surface area contributed by atoms with Crippen LogP contribution in [0.3, 0.4) is 0 Å². The van der Waals surface area contributed by atoms with Crippen LogP contribution in [0, 0.1) is 20.8 Å². The Labute approximate surface area is 136 Å². The summed E-state index contributed by atoms with van der Waals surface area (Å²) in [7, 11) is 0. The van der Waals surface area contributed by atoms with Crippen molar-refractivity contribution in [3.63, 3.8) is 0 Å². The highest BCUT2D eigenvalue weighted by molar-refractivity contribution is 5.96. The van der Waals surface area contributed by atoms with Gasteiger partial charge in [0.25, 0.3) is 0 Å². The number of urea groups is 1. The third-order valence-electron chi connectivity index (χ3n) is 3.64. The van der Waals surface area contributed by atoms with E-state index in [1.165, 1.54) is 0 Å². The molecule has 0 spiro atoms. The quantitative estimate of drug-likeness (QED) is 0.820. The van der Waals surface area contributed by atoms with Gasteiger partial charge in [0, 0.05) is 24.2 Å². The molecule has 0 atom stereocenters. The van der Waals surface area contributed by atoms with E-state index in [1.807, 2.05) is 63.2 Å². The Kier molecular flexibility index (Phi) is 5.52. The fourth-order valence-corrected chi connectivity index (χ4v) is 2.29. The number of hydrogen-bond acceptors (Lipinski definition) is 2. The van der Waals surface area contributed by atoms with Crippen LogP contribution in [0.25, 0.3) is 0 Å². The molecule has 2 aromatic rings. The zero-order chi connectivity index (χ0) is 16.8. The third-order valence-corrected chi connectivity index (χ3v) is 3.64. The van der Waals surface area contributed by atoms with E-state index in [-0.39, 0.29) is 18.2 Å². The smallest absolute Gasteiger partial charge is 0.319 e. The van der Waals surface area contributed by atoms with Crippen molar-refractivity contribution in [3.05, 3.63) is 64.7 Å². The van der Waals surface area contributed by atoms with E-state index in [0.29, 0.717) is 12.1 Å². The number of Topliss-reactive ketones (excluding diaryl/α,β-unsaturated/α-hetero) is 1. The van der Waals surface area contributed by atoms with Crippen LogP contribution < -0.4 is 10.6 Å². The van der Waals surface area contributed by atoms with Crippen LogP contribution in [0.2, 0.25) is 0 Å². The number of nitrogens with one attached hydrogen (secondary N) is 2. The second-order valence-corrected chi connectivity index (χ2v) is 5.74. The summed E-state index contributed by atoms with van der Waals surface area (Å²) in [5, 5.41) is 5.51. The Morgan fingerprint density at radius 1 is 0.913 bits per heavy atom. The Morgan fingerprint density at radius 3 is 2.22 bits per heavy atom. The van der Waals surface area contributed by atoms with Crippen molar-refractivity contribution in [2.45, 2.75) is 27.2 Å². The number of rotatable bonds is 5. The van der Waals surface area contributed by atoms with Crippen molar-refractivity contribution >= 4 is 17.5 Å². The summed E-state index contributed by atoms with van der Waals surface area (Å²) < 4.78 is 0. The molecule has 0 saturated carbocycles. The van der Waals surface area contributed by atoms with Gasteiger partial charge in [-0.05, 0) is 32.4 Å². The first-order valence-corrected chi connectivity index (χ1v) is 7.67. The zero-order valence-electron chi connectivity index (χ0n) is 13.8. The second-order valence-electron chi connectivity index (χ2n) is 5.74. The van der Waals surface area contributed by atoms with Gasteiger partial charge in [-0.15, -0.1) is 0 Å². The number of aryl methyl sites for hydroxylation is 3. The predicted octanol–water partition coefficient (Wildman–Crippen LogP) is 4.01. The molecule has 0 saturated heterocycles. The molecule has 120 valence electrons. The van der Waals surface area contributed by atoms with Gasteiger partial charge in [-0.3, -0.25) is 4.79 Å². The lowest BCUT2D eigenvalue weighted by molar-refractivity contribution is 0.0984. The van der Waals surface area contributed by atoms with E-state index in [4.69, 9.17) is 0 Å². The lowest BCUT2D eigenvalue weighted by Crippen LogP contribution is -2.30. The number of anilines is 1. The zero-order valence-corrected chi connectivity index (χ0v) is 13.8. The number of benzene rings is 2. The number of amides is 2. The van der Waals surface area contributed by atoms with Gasteiger partial charge in [0.2, 0.25) is 0 Å². The van der Waals surface area contributed by atoms with Crippen LogP contribution in [0.1, 0.15) is 33.5 Å². The number of carbonyl (C=O) groups is 2. The average Bonchev–Trinajstić information content (AvgIpc) is 2.50. The van der Waals surface area contributed by atoms with Gasteiger partial charge in [-0.2, -0.15) is 0 Å². The Balaban J connectivity index is 1.80. The molecule has 0 radical (unpaired) electrons. The summed E-state index contributed by atoms with van der Waals surface area (Å²) in [5.41, 5.74) is 4.73. The normalized spacial score (nSPS) is 10.2. The molecule has 2 rings (SSSR count). The summed E-state index contributed by atoms with van der Waals surface area (Å²) >= 11 is 0.